The largest absolute Gasteiger partial charge is 0.496 e. The van der Waals surface area contributed by atoms with E-state index in [0.29, 0.717) is 27.6 Å². The van der Waals surface area contributed by atoms with Crippen LogP contribution in [0.15, 0.2) is 36.4 Å². The summed E-state index contributed by atoms with van der Waals surface area (Å²) >= 11 is 6.18. The van der Waals surface area contributed by atoms with Crippen molar-refractivity contribution in [3.8, 4) is 5.75 Å². The summed E-state index contributed by atoms with van der Waals surface area (Å²) in [5.41, 5.74) is 2.26. The highest BCUT2D eigenvalue weighted by atomic mass is 35.5. The van der Waals surface area contributed by atoms with Crippen LogP contribution in [0.5, 0.6) is 5.75 Å². The van der Waals surface area contributed by atoms with Gasteiger partial charge in [0, 0.05) is 11.3 Å². The number of amides is 1. The lowest BCUT2D eigenvalue weighted by molar-refractivity contribution is -0.115. The molecular formula is C16H12ClNO3. The van der Waals surface area contributed by atoms with E-state index in [4.69, 9.17) is 16.3 Å². The molecule has 1 aliphatic rings. The van der Waals surface area contributed by atoms with Gasteiger partial charge in [-0.2, -0.15) is 0 Å². The van der Waals surface area contributed by atoms with Crippen molar-refractivity contribution in [1.29, 1.82) is 0 Å². The second kappa shape index (κ2) is 5.22. The van der Waals surface area contributed by atoms with Gasteiger partial charge in [0.1, 0.15) is 5.75 Å². The molecule has 106 valence electrons. The van der Waals surface area contributed by atoms with E-state index in [1.165, 1.54) is 7.11 Å². The molecule has 0 saturated carbocycles. The minimum absolute atomic E-state index is 0.0945. The van der Waals surface area contributed by atoms with Crippen molar-refractivity contribution in [1.82, 2.24) is 0 Å². The molecule has 0 aromatic heterocycles. The van der Waals surface area contributed by atoms with E-state index in [-0.39, 0.29) is 18.1 Å². The molecule has 1 N–H and O–H groups in total. The van der Waals surface area contributed by atoms with Gasteiger partial charge in [0.2, 0.25) is 5.91 Å². The highest BCUT2D eigenvalue weighted by molar-refractivity contribution is 6.35. The van der Waals surface area contributed by atoms with Crippen molar-refractivity contribution in [2.45, 2.75) is 6.42 Å². The summed E-state index contributed by atoms with van der Waals surface area (Å²) < 4.78 is 5.21. The first kappa shape index (κ1) is 13.6. The van der Waals surface area contributed by atoms with Crippen molar-refractivity contribution in [3.05, 3.63) is 58.1 Å². The van der Waals surface area contributed by atoms with Crippen LogP contribution in [0.4, 0.5) is 5.69 Å². The van der Waals surface area contributed by atoms with Gasteiger partial charge in [-0.05, 0) is 29.8 Å². The van der Waals surface area contributed by atoms with Gasteiger partial charge in [-0.15, -0.1) is 0 Å². The number of para-hydroxylation sites is 1. The van der Waals surface area contributed by atoms with Crippen LogP contribution in [-0.2, 0) is 11.2 Å². The smallest absolute Gasteiger partial charge is 0.228 e. The molecule has 1 aliphatic heterocycles. The van der Waals surface area contributed by atoms with Gasteiger partial charge in [-0.1, -0.05) is 23.7 Å². The summed E-state index contributed by atoms with van der Waals surface area (Å²) in [6, 6.07) is 10.3. The molecule has 0 atom stereocenters. The Morgan fingerprint density at radius 3 is 2.76 bits per heavy atom. The average molecular weight is 302 g/mol. The topological polar surface area (TPSA) is 55.4 Å². The third kappa shape index (κ3) is 2.38. The van der Waals surface area contributed by atoms with Crippen molar-refractivity contribution in [3.63, 3.8) is 0 Å². The molecule has 4 nitrogen and oxygen atoms in total. The summed E-state index contributed by atoms with van der Waals surface area (Å²) in [6.07, 6.45) is 0.263. The van der Waals surface area contributed by atoms with Crippen LogP contribution in [0.1, 0.15) is 21.5 Å². The van der Waals surface area contributed by atoms with Gasteiger partial charge in [-0.3, -0.25) is 9.59 Å². The first-order valence-corrected chi connectivity index (χ1v) is 6.78. The summed E-state index contributed by atoms with van der Waals surface area (Å²) in [6.45, 7) is 0. The number of benzene rings is 2. The van der Waals surface area contributed by atoms with Crippen LogP contribution in [-0.4, -0.2) is 18.8 Å². The normalized spacial score (nSPS) is 12.8. The summed E-state index contributed by atoms with van der Waals surface area (Å²) in [5, 5.41) is 3.02. The Labute approximate surface area is 126 Å². The quantitative estimate of drug-likeness (QED) is 0.886. The Hall–Kier alpha value is -2.33. The van der Waals surface area contributed by atoms with Crippen molar-refractivity contribution in [2.24, 2.45) is 0 Å². The van der Waals surface area contributed by atoms with Crippen LogP contribution >= 0.6 is 11.6 Å². The summed E-state index contributed by atoms with van der Waals surface area (Å²) in [4.78, 5) is 24.1. The molecule has 0 aliphatic carbocycles. The van der Waals surface area contributed by atoms with Gasteiger partial charge in [0.25, 0.3) is 0 Å². The lowest BCUT2D eigenvalue weighted by Crippen LogP contribution is -2.05. The molecule has 0 spiro atoms. The molecule has 1 amide bonds. The summed E-state index contributed by atoms with van der Waals surface area (Å²) in [5.74, 6) is 0.177. The number of hydrogen-bond acceptors (Lipinski definition) is 3. The van der Waals surface area contributed by atoms with Crippen LogP contribution in [0.2, 0.25) is 5.02 Å². The van der Waals surface area contributed by atoms with E-state index in [1.807, 2.05) is 0 Å². The first-order valence-electron chi connectivity index (χ1n) is 6.40. The Morgan fingerprint density at radius 2 is 2.00 bits per heavy atom. The second-order valence-electron chi connectivity index (χ2n) is 4.74. The van der Waals surface area contributed by atoms with Crippen LogP contribution in [0, 0.1) is 0 Å². The highest BCUT2D eigenvalue weighted by Crippen LogP contribution is 2.32. The maximum atomic E-state index is 12.7. The maximum Gasteiger partial charge on any atom is 0.228 e. The number of rotatable bonds is 3. The van der Waals surface area contributed by atoms with Gasteiger partial charge < -0.3 is 10.1 Å². The monoisotopic (exact) mass is 301 g/mol. The van der Waals surface area contributed by atoms with E-state index < -0.39 is 0 Å². The van der Waals surface area contributed by atoms with Crippen LogP contribution in [0.3, 0.4) is 0 Å². The van der Waals surface area contributed by atoms with Gasteiger partial charge in [0.15, 0.2) is 5.78 Å². The van der Waals surface area contributed by atoms with E-state index >= 15 is 0 Å². The van der Waals surface area contributed by atoms with Gasteiger partial charge in [0.05, 0.1) is 24.1 Å². The standard InChI is InChI=1S/C16H12ClNO3/c1-21-14-5-3-2-4-10(14)16(20)11-6-9-7-15(19)18-13(9)8-12(11)17/h2-6,8H,7H2,1H3,(H,18,19). The van der Waals surface area contributed by atoms with Crippen molar-refractivity contribution in [2.75, 3.05) is 12.4 Å². The number of anilines is 1. The van der Waals surface area contributed by atoms with E-state index in [2.05, 4.69) is 5.32 Å². The van der Waals surface area contributed by atoms with E-state index in [0.717, 1.165) is 5.56 Å². The molecule has 0 bridgehead atoms. The third-order valence-corrected chi connectivity index (χ3v) is 3.73. The van der Waals surface area contributed by atoms with E-state index in [1.54, 1.807) is 36.4 Å². The zero-order valence-corrected chi connectivity index (χ0v) is 12.0. The Kier molecular flexibility index (Phi) is 3.39. The molecule has 0 unspecified atom stereocenters. The zero-order chi connectivity index (χ0) is 15.0. The lowest BCUT2D eigenvalue weighted by atomic mass is 9.99. The lowest BCUT2D eigenvalue weighted by Gasteiger charge is -2.10. The maximum absolute atomic E-state index is 12.7. The molecular weight excluding hydrogens is 290 g/mol. The van der Waals surface area contributed by atoms with Crippen molar-refractivity contribution >= 4 is 29.0 Å². The average Bonchev–Trinajstić information content (AvgIpc) is 2.84. The number of carbonyl (C=O) groups excluding carboxylic acids is 2. The molecule has 2 aromatic carbocycles. The van der Waals surface area contributed by atoms with Crippen molar-refractivity contribution < 1.29 is 14.3 Å². The Bertz CT molecular complexity index is 755. The fourth-order valence-electron chi connectivity index (χ4n) is 2.40. The number of carbonyl (C=O) groups is 2. The molecule has 0 radical (unpaired) electrons. The minimum Gasteiger partial charge on any atom is -0.496 e. The number of ether oxygens (including phenoxy) is 1. The molecule has 5 heteroatoms. The number of ketones is 1. The number of nitrogens with one attached hydrogen (secondary N) is 1. The van der Waals surface area contributed by atoms with Crippen LogP contribution < -0.4 is 10.1 Å². The molecule has 21 heavy (non-hydrogen) atoms. The second-order valence-corrected chi connectivity index (χ2v) is 5.15. The Morgan fingerprint density at radius 1 is 1.24 bits per heavy atom. The SMILES string of the molecule is COc1ccccc1C(=O)c1cc2c(cc1Cl)NC(=O)C2. The Balaban J connectivity index is 2.07. The highest BCUT2D eigenvalue weighted by Gasteiger charge is 2.23. The van der Waals surface area contributed by atoms with Gasteiger partial charge >= 0.3 is 0 Å². The van der Waals surface area contributed by atoms with E-state index in [9.17, 15) is 9.59 Å². The molecule has 1 heterocycles. The fraction of sp³-hybridized carbons (Fsp3) is 0.125. The zero-order valence-electron chi connectivity index (χ0n) is 11.3. The molecule has 0 fully saturated rings. The third-order valence-electron chi connectivity index (χ3n) is 3.41. The van der Waals surface area contributed by atoms with Crippen LogP contribution in [0.25, 0.3) is 0 Å². The minimum atomic E-state index is -0.223. The summed E-state index contributed by atoms with van der Waals surface area (Å²) in [7, 11) is 1.51. The predicted octanol–water partition coefficient (Wildman–Crippen LogP) is 3.07. The number of methoxy groups -OCH3 is 1. The number of halogens is 1. The molecule has 3 rings (SSSR count). The number of fused-ring (bicyclic) bond motifs is 1. The fourth-order valence-corrected chi connectivity index (χ4v) is 2.65. The molecule has 0 saturated heterocycles. The molecule has 2 aromatic rings. The predicted molar refractivity (Wildman–Crippen MR) is 80.2 cm³/mol. The number of hydrogen-bond donors (Lipinski definition) is 1. The first-order chi connectivity index (χ1) is 10.1. The van der Waals surface area contributed by atoms with Gasteiger partial charge in [-0.25, -0.2) is 0 Å².